The molecule has 0 aliphatic carbocycles. The van der Waals surface area contributed by atoms with Gasteiger partial charge in [0, 0.05) is 19.3 Å². The molecule has 0 unspecified atom stereocenters. The highest BCUT2D eigenvalue weighted by Gasteiger charge is 2.43. The average Bonchev–Trinajstić information content (AvgIpc) is 3.19. The SMILES string of the molecule is CCCCCCC(=O)OCCCCCCOC(=O)CC(O)(CC(=O)OCCCCCCOC(=O)CCCCCC)C(=O)OCCCCCCOC(=O)CCCCCC. The highest BCUT2D eigenvalue weighted by molar-refractivity contribution is 5.90. The lowest BCUT2D eigenvalue weighted by Crippen LogP contribution is -2.45. The molecule has 0 aromatic rings. The zero-order valence-electron chi connectivity index (χ0n) is 36.6. The minimum atomic E-state index is -2.46. The third kappa shape index (κ3) is 34.8. The van der Waals surface area contributed by atoms with Crippen LogP contribution >= 0.6 is 0 Å². The zero-order chi connectivity index (χ0) is 43.0. The van der Waals surface area contributed by atoms with E-state index >= 15 is 0 Å². The third-order valence-corrected chi connectivity index (χ3v) is 9.62. The van der Waals surface area contributed by atoms with Crippen molar-refractivity contribution in [2.45, 2.75) is 213 Å². The minimum Gasteiger partial charge on any atom is -0.466 e. The molecular formula is C45H80O13. The molecule has 1 N–H and O–H groups in total. The fraction of sp³-hybridized carbons (Fsp3) is 0.867. The van der Waals surface area contributed by atoms with Crippen molar-refractivity contribution in [3.05, 3.63) is 0 Å². The Labute approximate surface area is 349 Å². The summed E-state index contributed by atoms with van der Waals surface area (Å²) >= 11 is 0. The van der Waals surface area contributed by atoms with Crippen molar-refractivity contribution in [1.82, 2.24) is 0 Å². The molecule has 0 spiro atoms. The predicted molar refractivity (Wildman–Crippen MR) is 222 cm³/mol. The molecule has 0 aromatic heterocycles. The van der Waals surface area contributed by atoms with Gasteiger partial charge in [0.2, 0.25) is 0 Å². The number of hydrogen-bond donors (Lipinski definition) is 1. The molecule has 0 radical (unpaired) electrons. The molecule has 58 heavy (non-hydrogen) atoms. The third-order valence-electron chi connectivity index (χ3n) is 9.62. The van der Waals surface area contributed by atoms with Crippen molar-refractivity contribution in [3.63, 3.8) is 0 Å². The van der Waals surface area contributed by atoms with E-state index in [0.29, 0.717) is 84.0 Å². The molecule has 0 amide bonds. The number of unbranched alkanes of at least 4 members (excludes halogenated alkanes) is 18. The summed E-state index contributed by atoms with van der Waals surface area (Å²) in [7, 11) is 0. The van der Waals surface area contributed by atoms with E-state index in [2.05, 4.69) is 20.8 Å². The van der Waals surface area contributed by atoms with Crippen LogP contribution in [-0.2, 0) is 57.2 Å². The maximum atomic E-state index is 13.1. The van der Waals surface area contributed by atoms with Crippen LogP contribution in [0.3, 0.4) is 0 Å². The number of rotatable bonds is 41. The van der Waals surface area contributed by atoms with Gasteiger partial charge in [0.15, 0.2) is 5.60 Å². The van der Waals surface area contributed by atoms with Crippen molar-refractivity contribution in [2.75, 3.05) is 39.6 Å². The maximum absolute atomic E-state index is 13.1. The van der Waals surface area contributed by atoms with Gasteiger partial charge in [0.1, 0.15) is 0 Å². The van der Waals surface area contributed by atoms with Crippen molar-refractivity contribution >= 4 is 35.8 Å². The van der Waals surface area contributed by atoms with E-state index in [1.165, 1.54) is 0 Å². The fourth-order valence-corrected chi connectivity index (χ4v) is 5.99. The van der Waals surface area contributed by atoms with E-state index < -0.39 is 36.4 Å². The number of carbonyl (C=O) groups excluding carboxylic acids is 6. The van der Waals surface area contributed by atoms with Crippen LogP contribution in [0, 0.1) is 0 Å². The van der Waals surface area contributed by atoms with Gasteiger partial charge < -0.3 is 33.5 Å². The number of ether oxygens (including phenoxy) is 6. The van der Waals surface area contributed by atoms with Crippen LogP contribution in [0.25, 0.3) is 0 Å². The van der Waals surface area contributed by atoms with Gasteiger partial charge in [-0.1, -0.05) is 78.6 Å². The molecule has 0 rings (SSSR count). The maximum Gasteiger partial charge on any atom is 0.339 e. The molecule has 338 valence electrons. The van der Waals surface area contributed by atoms with Crippen LogP contribution in [0.15, 0.2) is 0 Å². The largest absolute Gasteiger partial charge is 0.466 e. The van der Waals surface area contributed by atoms with Gasteiger partial charge in [-0.3, -0.25) is 24.0 Å². The first-order valence-corrected chi connectivity index (χ1v) is 22.8. The number of esters is 6. The van der Waals surface area contributed by atoms with Gasteiger partial charge in [-0.05, 0) is 96.3 Å². The molecule has 0 heterocycles. The number of aliphatic hydroxyl groups is 1. The van der Waals surface area contributed by atoms with Gasteiger partial charge in [0.05, 0.1) is 52.5 Å². The smallest absolute Gasteiger partial charge is 0.339 e. The molecular weight excluding hydrogens is 748 g/mol. The van der Waals surface area contributed by atoms with E-state index in [1.807, 2.05) is 0 Å². The van der Waals surface area contributed by atoms with E-state index in [-0.39, 0.29) is 37.7 Å². The molecule has 13 heteroatoms. The summed E-state index contributed by atoms with van der Waals surface area (Å²) in [4.78, 5) is 74.0. The Hall–Kier alpha value is -3.22. The second-order valence-corrected chi connectivity index (χ2v) is 15.3. The molecule has 0 fully saturated rings. The quantitative estimate of drug-likeness (QED) is 0.0350. The van der Waals surface area contributed by atoms with Crippen LogP contribution in [0.1, 0.15) is 207 Å². The van der Waals surface area contributed by atoms with Crippen LogP contribution in [0.5, 0.6) is 0 Å². The Morgan fingerprint density at radius 2 is 0.569 bits per heavy atom. The summed E-state index contributed by atoms with van der Waals surface area (Å²) in [5.74, 6) is -3.33. The van der Waals surface area contributed by atoms with E-state index in [0.717, 1.165) is 109 Å². The lowest BCUT2D eigenvalue weighted by Gasteiger charge is -2.24. The fourth-order valence-electron chi connectivity index (χ4n) is 5.99. The Morgan fingerprint density at radius 3 is 0.845 bits per heavy atom. The van der Waals surface area contributed by atoms with Crippen molar-refractivity contribution < 1.29 is 62.3 Å². The van der Waals surface area contributed by atoms with Crippen LogP contribution < -0.4 is 0 Å². The summed E-state index contributed by atoms with van der Waals surface area (Å²) in [6.07, 6.45) is 20.1. The summed E-state index contributed by atoms with van der Waals surface area (Å²) in [5.41, 5.74) is -2.46. The van der Waals surface area contributed by atoms with Gasteiger partial charge in [-0.2, -0.15) is 0 Å². The first-order valence-electron chi connectivity index (χ1n) is 22.8. The van der Waals surface area contributed by atoms with Gasteiger partial charge >= 0.3 is 35.8 Å². The normalized spacial score (nSPS) is 11.2. The first kappa shape index (κ1) is 54.8. The molecule has 0 atom stereocenters. The molecule has 0 aromatic carbocycles. The Balaban J connectivity index is 4.65. The van der Waals surface area contributed by atoms with Crippen LogP contribution in [0.2, 0.25) is 0 Å². The lowest BCUT2D eigenvalue weighted by molar-refractivity contribution is -0.178. The first-order chi connectivity index (χ1) is 28.1. The van der Waals surface area contributed by atoms with Crippen LogP contribution in [-0.4, -0.2) is 86.2 Å². The monoisotopic (exact) mass is 829 g/mol. The highest BCUT2D eigenvalue weighted by Crippen LogP contribution is 2.21. The van der Waals surface area contributed by atoms with Gasteiger partial charge in [0.25, 0.3) is 0 Å². The lowest BCUT2D eigenvalue weighted by atomic mass is 9.95. The van der Waals surface area contributed by atoms with Crippen molar-refractivity contribution in [1.29, 1.82) is 0 Å². The summed E-state index contributed by atoms with van der Waals surface area (Å²) in [6, 6.07) is 0. The van der Waals surface area contributed by atoms with E-state index in [9.17, 15) is 33.9 Å². The molecule has 13 nitrogen and oxygen atoms in total. The topological polar surface area (TPSA) is 178 Å². The molecule has 0 saturated heterocycles. The zero-order valence-corrected chi connectivity index (χ0v) is 36.6. The molecule has 0 bridgehead atoms. The Kier molecular flexibility index (Phi) is 37.1. The molecule has 0 aliphatic heterocycles. The number of hydrogen-bond acceptors (Lipinski definition) is 13. The van der Waals surface area contributed by atoms with Gasteiger partial charge in [-0.15, -0.1) is 0 Å². The van der Waals surface area contributed by atoms with E-state index in [1.54, 1.807) is 0 Å². The summed E-state index contributed by atoms with van der Waals surface area (Å²) < 4.78 is 31.7. The second kappa shape index (κ2) is 39.3. The van der Waals surface area contributed by atoms with Gasteiger partial charge in [-0.25, -0.2) is 4.79 Å². The van der Waals surface area contributed by atoms with Crippen molar-refractivity contribution in [3.8, 4) is 0 Å². The summed E-state index contributed by atoms with van der Waals surface area (Å²) in [5, 5.41) is 11.3. The summed E-state index contributed by atoms with van der Waals surface area (Å²) in [6.45, 7) is 7.50. The number of carbonyl (C=O) groups is 6. The van der Waals surface area contributed by atoms with E-state index in [4.69, 9.17) is 28.4 Å². The molecule has 0 saturated carbocycles. The average molecular weight is 829 g/mol. The predicted octanol–water partition coefficient (Wildman–Crippen LogP) is 9.35. The molecule has 0 aliphatic rings. The Morgan fingerprint density at radius 1 is 0.328 bits per heavy atom. The standard InChI is InChI=1S/C45H80O13/c1-4-7-10-19-28-39(46)53-31-22-13-15-25-34-56-42(49)37-45(52,44(51)58-36-27-18-17-24-33-55-41(48)30-21-12-9-6-3)38-43(50)57-35-26-16-14-23-32-54-40(47)29-20-11-8-5-2/h52H,4-38H2,1-3H3. The highest BCUT2D eigenvalue weighted by atomic mass is 16.6. The van der Waals surface area contributed by atoms with Crippen LogP contribution in [0.4, 0.5) is 0 Å². The van der Waals surface area contributed by atoms with Crippen molar-refractivity contribution in [2.24, 2.45) is 0 Å². The minimum absolute atomic E-state index is 0.0230. The second-order valence-electron chi connectivity index (χ2n) is 15.3. The Bertz CT molecular complexity index is 1020.